The average molecular weight is 389 g/mol. The van der Waals surface area contributed by atoms with Gasteiger partial charge in [-0.2, -0.15) is 0 Å². The normalized spacial score (nSPS) is 14.1. The molecule has 29 heavy (non-hydrogen) atoms. The summed E-state index contributed by atoms with van der Waals surface area (Å²) in [6, 6.07) is 25.2. The molecule has 3 aromatic rings. The van der Waals surface area contributed by atoms with Gasteiger partial charge in [-0.05, 0) is 69.0 Å². The molecule has 0 bridgehead atoms. The lowest BCUT2D eigenvalue weighted by molar-refractivity contribution is 0.0824. The zero-order chi connectivity index (χ0) is 20.9. The molecule has 0 saturated heterocycles. The molecule has 3 aromatic carbocycles. The van der Waals surface area contributed by atoms with Crippen molar-refractivity contribution >= 4 is 0 Å². The Labute approximate surface area is 175 Å². The van der Waals surface area contributed by atoms with E-state index in [4.69, 9.17) is 9.47 Å². The SMILES string of the molecule is CCC(Oc1ccc(C(C)(CC)Oc2ccc(C)cc2)cc1)c1ccc(C)cc1. The third-order valence-electron chi connectivity index (χ3n) is 5.60. The van der Waals surface area contributed by atoms with Crippen molar-refractivity contribution in [3.8, 4) is 11.5 Å². The monoisotopic (exact) mass is 388 g/mol. The first kappa shape index (κ1) is 21.0. The number of hydrogen-bond acceptors (Lipinski definition) is 2. The van der Waals surface area contributed by atoms with E-state index in [1.807, 2.05) is 12.1 Å². The second-order valence-corrected chi connectivity index (χ2v) is 7.95. The Morgan fingerprint density at radius 1 is 0.724 bits per heavy atom. The van der Waals surface area contributed by atoms with Gasteiger partial charge >= 0.3 is 0 Å². The van der Waals surface area contributed by atoms with E-state index in [2.05, 4.69) is 95.3 Å². The lowest BCUT2D eigenvalue weighted by atomic mass is 9.92. The van der Waals surface area contributed by atoms with Gasteiger partial charge in [-0.3, -0.25) is 0 Å². The van der Waals surface area contributed by atoms with Crippen LogP contribution in [-0.4, -0.2) is 0 Å². The Balaban J connectivity index is 1.75. The van der Waals surface area contributed by atoms with Gasteiger partial charge in [0.25, 0.3) is 0 Å². The predicted octanol–water partition coefficient (Wildman–Crippen LogP) is 7.54. The van der Waals surface area contributed by atoms with Crippen LogP contribution >= 0.6 is 0 Å². The van der Waals surface area contributed by atoms with E-state index in [0.29, 0.717) is 0 Å². The van der Waals surface area contributed by atoms with Crippen LogP contribution in [0.1, 0.15) is 62.0 Å². The number of aryl methyl sites for hydroxylation is 2. The molecule has 3 rings (SSSR count). The van der Waals surface area contributed by atoms with Crippen molar-refractivity contribution in [1.29, 1.82) is 0 Å². The molecular weight excluding hydrogens is 356 g/mol. The molecule has 2 heteroatoms. The van der Waals surface area contributed by atoms with Crippen LogP contribution in [0.4, 0.5) is 0 Å². The molecule has 152 valence electrons. The fraction of sp³-hybridized carbons (Fsp3) is 0.333. The van der Waals surface area contributed by atoms with Crippen LogP contribution in [0.5, 0.6) is 11.5 Å². The Hall–Kier alpha value is -2.74. The maximum atomic E-state index is 6.37. The molecule has 2 unspecified atom stereocenters. The molecule has 0 heterocycles. The Morgan fingerprint density at radius 2 is 1.24 bits per heavy atom. The molecule has 2 nitrogen and oxygen atoms in total. The van der Waals surface area contributed by atoms with Crippen molar-refractivity contribution in [1.82, 2.24) is 0 Å². The quantitative estimate of drug-likeness (QED) is 0.397. The summed E-state index contributed by atoms with van der Waals surface area (Å²) in [5, 5.41) is 0. The molecular formula is C27H32O2. The Bertz CT molecular complexity index is 895. The fourth-order valence-electron chi connectivity index (χ4n) is 3.42. The first-order valence-electron chi connectivity index (χ1n) is 10.5. The zero-order valence-electron chi connectivity index (χ0n) is 18.2. The predicted molar refractivity (Wildman–Crippen MR) is 121 cm³/mol. The first-order chi connectivity index (χ1) is 13.9. The molecule has 0 fully saturated rings. The van der Waals surface area contributed by atoms with E-state index in [9.17, 15) is 0 Å². The number of rotatable bonds is 8. The van der Waals surface area contributed by atoms with Gasteiger partial charge in [0.1, 0.15) is 23.2 Å². The van der Waals surface area contributed by atoms with E-state index in [1.165, 1.54) is 16.7 Å². The van der Waals surface area contributed by atoms with E-state index in [0.717, 1.165) is 29.9 Å². The molecule has 2 atom stereocenters. The minimum Gasteiger partial charge on any atom is -0.486 e. The molecule has 0 aliphatic heterocycles. The largest absolute Gasteiger partial charge is 0.486 e. The number of benzene rings is 3. The van der Waals surface area contributed by atoms with Crippen molar-refractivity contribution in [2.24, 2.45) is 0 Å². The lowest BCUT2D eigenvalue weighted by Gasteiger charge is -2.30. The van der Waals surface area contributed by atoms with Crippen molar-refractivity contribution in [3.63, 3.8) is 0 Å². The summed E-state index contributed by atoms with van der Waals surface area (Å²) in [4.78, 5) is 0. The van der Waals surface area contributed by atoms with Crippen molar-refractivity contribution in [2.45, 2.75) is 59.2 Å². The van der Waals surface area contributed by atoms with Gasteiger partial charge in [-0.25, -0.2) is 0 Å². The summed E-state index contributed by atoms with van der Waals surface area (Å²) in [7, 11) is 0. The highest BCUT2D eigenvalue weighted by molar-refractivity contribution is 5.34. The fourth-order valence-corrected chi connectivity index (χ4v) is 3.42. The average Bonchev–Trinajstić information content (AvgIpc) is 2.75. The number of hydrogen-bond donors (Lipinski definition) is 0. The van der Waals surface area contributed by atoms with Gasteiger partial charge in [-0.15, -0.1) is 0 Å². The van der Waals surface area contributed by atoms with Gasteiger partial charge in [0.05, 0.1) is 0 Å². The summed E-state index contributed by atoms with van der Waals surface area (Å²) < 4.78 is 12.7. The van der Waals surface area contributed by atoms with Crippen LogP contribution in [0, 0.1) is 13.8 Å². The van der Waals surface area contributed by atoms with Crippen LogP contribution in [0.2, 0.25) is 0 Å². The van der Waals surface area contributed by atoms with Crippen molar-refractivity contribution in [2.75, 3.05) is 0 Å². The van der Waals surface area contributed by atoms with Crippen LogP contribution in [-0.2, 0) is 5.60 Å². The molecule has 0 spiro atoms. The van der Waals surface area contributed by atoms with E-state index < -0.39 is 0 Å². The van der Waals surface area contributed by atoms with Crippen molar-refractivity contribution < 1.29 is 9.47 Å². The second-order valence-electron chi connectivity index (χ2n) is 7.95. The highest BCUT2D eigenvalue weighted by atomic mass is 16.5. The third-order valence-corrected chi connectivity index (χ3v) is 5.60. The molecule has 0 radical (unpaired) electrons. The topological polar surface area (TPSA) is 18.5 Å². The Kier molecular flexibility index (Phi) is 6.64. The first-order valence-corrected chi connectivity index (χ1v) is 10.5. The van der Waals surface area contributed by atoms with Crippen LogP contribution in [0.3, 0.4) is 0 Å². The van der Waals surface area contributed by atoms with Gasteiger partial charge in [0.2, 0.25) is 0 Å². The smallest absolute Gasteiger partial charge is 0.131 e. The summed E-state index contributed by atoms with van der Waals surface area (Å²) in [6.07, 6.45) is 1.86. The summed E-state index contributed by atoms with van der Waals surface area (Å²) in [5.74, 6) is 1.78. The van der Waals surface area contributed by atoms with E-state index in [1.54, 1.807) is 0 Å². The Morgan fingerprint density at radius 3 is 1.76 bits per heavy atom. The highest BCUT2D eigenvalue weighted by Gasteiger charge is 2.27. The molecule has 0 N–H and O–H groups in total. The van der Waals surface area contributed by atoms with E-state index in [-0.39, 0.29) is 11.7 Å². The summed E-state index contributed by atoms with van der Waals surface area (Å²) in [5.41, 5.74) is 4.48. The lowest BCUT2D eigenvalue weighted by Crippen LogP contribution is -2.28. The highest BCUT2D eigenvalue weighted by Crippen LogP contribution is 2.33. The molecule has 0 saturated carbocycles. The molecule has 0 aliphatic rings. The minimum absolute atomic E-state index is 0.0582. The second kappa shape index (κ2) is 9.17. The minimum atomic E-state index is -0.380. The maximum Gasteiger partial charge on any atom is 0.131 e. The molecule has 0 aliphatic carbocycles. The summed E-state index contributed by atoms with van der Waals surface area (Å²) >= 11 is 0. The maximum absolute atomic E-state index is 6.37. The van der Waals surface area contributed by atoms with Gasteiger partial charge < -0.3 is 9.47 Å². The van der Waals surface area contributed by atoms with Crippen LogP contribution in [0.25, 0.3) is 0 Å². The van der Waals surface area contributed by atoms with Gasteiger partial charge in [0.15, 0.2) is 0 Å². The zero-order valence-corrected chi connectivity index (χ0v) is 18.2. The van der Waals surface area contributed by atoms with Crippen LogP contribution < -0.4 is 9.47 Å². The number of ether oxygens (including phenoxy) is 2. The third kappa shape index (κ3) is 5.20. The summed E-state index contributed by atoms with van der Waals surface area (Å²) in [6.45, 7) is 10.6. The molecule has 0 aromatic heterocycles. The van der Waals surface area contributed by atoms with Gasteiger partial charge in [0, 0.05) is 0 Å². The van der Waals surface area contributed by atoms with Gasteiger partial charge in [-0.1, -0.05) is 73.5 Å². The van der Waals surface area contributed by atoms with Crippen molar-refractivity contribution in [3.05, 3.63) is 95.1 Å². The standard InChI is InChI=1S/C27H32O2/c1-6-26(22-12-8-20(3)9-13-22)28-24-18-14-23(15-19-24)27(5,7-2)29-25-16-10-21(4)11-17-25/h8-19,26H,6-7H2,1-5H3. The van der Waals surface area contributed by atoms with Crippen LogP contribution in [0.15, 0.2) is 72.8 Å². The van der Waals surface area contributed by atoms with E-state index >= 15 is 0 Å². The molecule has 0 amide bonds.